The van der Waals surface area contributed by atoms with Crippen molar-refractivity contribution in [2.75, 3.05) is 17.2 Å². The van der Waals surface area contributed by atoms with Gasteiger partial charge < -0.3 is 10.6 Å². The second-order valence-electron chi connectivity index (χ2n) is 2.77. The summed E-state index contributed by atoms with van der Waals surface area (Å²) in [6.07, 6.45) is 0.536. The largest absolute Gasteiger partial charge is 0.383 e. The van der Waals surface area contributed by atoms with Crippen molar-refractivity contribution in [2.45, 2.75) is 6.42 Å². The van der Waals surface area contributed by atoms with Crippen LogP contribution in [0.3, 0.4) is 0 Å². The van der Waals surface area contributed by atoms with Gasteiger partial charge in [-0.15, -0.1) is 12.4 Å². The second-order valence-corrected chi connectivity index (χ2v) is 2.77. The van der Waals surface area contributed by atoms with Crippen LogP contribution in [0.5, 0.6) is 0 Å². The first-order valence-electron chi connectivity index (χ1n) is 3.99. The topological polar surface area (TPSA) is 41.1 Å². The van der Waals surface area contributed by atoms with Crippen LogP contribution in [0.2, 0.25) is 0 Å². The molecule has 0 fully saturated rings. The third-order valence-corrected chi connectivity index (χ3v) is 1.87. The molecule has 2 rings (SSSR count). The van der Waals surface area contributed by atoms with E-state index in [0.717, 1.165) is 11.4 Å². The van der Waals surface area contributed by atoms with Gasteiger partial charge in [0.1, 0.15) is 0 Å². The highest BCUT2D eigenvalue weighted by Gasteiger charge is 2.09. The number of carbonyl (C=O) groups is 1. The molecule has 0 aromatic heterocycles. The van der Waals surface area contributed by atoms with Gasteiger partial charge in [-0.3, -0.25) is 4.79 Å². The van der Waals surface area contributed by atoms with Crippen molar-refractivity contribution < 1.29 is 4.79 Å². The van der Waals surface area contributed by atoms with Gasteiger partial charge in [0.05, 0.1) is 11.4 Å². The molecule has 1 aromatic carbocycles. The number of anilines is 2. The minimum Gasteiger partial charge on any atom is -0.383 e. The fourth-order valence-corrected chi connectivity index (χ4v) is 1.27. The zero-order valence-corrected chi connectivity index (χ0v) is 7.86. The average molecular weight is 199 g/mol. The molecule has 3 nitrogen and oxygen atoms in total. The summed E-state index contributed by atoms with van der Waals surface area (Å²) in [5, 5.41) is 5.99. The Morgan fingerprint density at radius 3 is 2.62 bits per heavy atom. The van der Waals surface area contributed by atoms with Crippen molar-refractivity contribution in [3.8, 4) is 0 Å². The van der Waals surface area contributed by atoms with E-state index in [1.165, 1.54) is 0 Å². The smallest absolute Gasteiger partial charge is 0.226 e. The summed E-state index contributed by atoms with van der Waals surface area (Å²) in [5.41, 5.74) is 1.88. The Morgan fingerprint density at radius 1 is 1.15 bits per heavy atom. The molecule has 2 N–H and O–H groups in total. The number of amides is 1. The Balaban J connectivity index is 0.000000845. The molecule has 0 radical (unpaired) electrons. The molecule has 0 saturated carbocycles. The number of halogens is 1. The molecule has 1 amide bonds. The number of fused-ring (bicyclic) bond motifs is 1. The van der Waals surface area contributed by atoms with Gasteiger partial charge in [-0.1, -0.05) is 12.1 Å². The Bertz CT molecular complexity index is 314. The van der Waals surface area contributed by atoms with E-state index < -0.39 is 0 Å². The van der Waals surface area contributed by atoms with Crippen LogP contribution >= 0.6 is 12.4 Å². The lowest BCUT2D eigenvalue weighted by atomic mass is 10.3. The fraction of sp³-hybridized carbons (Fsp3) is 0.222. The summed E-state index contributed by atoms with van der Waals surface area (Å²) >= 11 is 0. The first kappa shape index (κ1) is 9.86. The summed E-state index contributed by atoms with van der Waals surface area (Å²) < 4.78 is 0. The third kappa shape index (κ3) is 2.12. The number of rotatable bonds is 0. The van der Waals surface area contributed by atoms with Gasteiger partial charge in [0.25, 0.3) is 0 Å². The fourth-order valence-electron chi connectivity index (χ4n) is 1.27. The van der Waals surface area contributed by atoms with E-state index in [2.05, 4.69) is 10.6 Å². The number of carbonyl (C=O) groups excluding carboxylic acids is 1. The molecular weight excluding hydrogens is 188 g/mol. The molecule has 1 aliphatic heterocycles. The maximum Gasteiger partial charge on any atom is 0.226 e. The maximum atomic E-state index is 11.1. The van der Waals surface area contributed by atoms with Gasteiger partial charge in [-0.2, -0.15) is 0 Å². The molecule has 13 heavy (non-hydrogen) atoms. The summed E-state index contributed by atoms with van der Waals surface area (Å²) in [4.78, 5) is 11.1. The van der Waals surface area contributed by atoms with Crippen molar-refractivity contribution in [2.24, 2.45) is 0 Å². The highest BCUT2D eigenvalue weighted by atomic mass is 35.5. The number of hydrogen-bond donors (Lipinski definition) is 2. The Morgan fingerprint density at radius 2 is 1.85 bits per heavy atom. The monoisotopic (exact) mass is 198 g/mol. The van der Waals surface area contributed by atoms with Crippen molar-refractivity contribution in [1.29, 1.82) is 0 Å². The Hall–Kier alpha value is -1.22. The summed E-state index contributed by atoms with van der Waals surface area (Å²) in [6.45, 7) is 0.711. The lowest BCUT2D eigenvalue weighted by Gasteiger charge is -2.05. The van der Waals surface area contributed by atoms with Crippen LogP contribution in [-0.2, 0) is 4.79 Å². The minimum absolute atomic E-state index is 0. The number of para-hydroxylation sites is 2. The highest BCUT2D eigenvalue weighted by molar-refractivity contribution is 5.95. The Labute approximate surface area is 82.9 Å². The molecule has 4 heteroatoms. The maximum absolute atomic E-state index is 11.1. The molecule has 1 heterocycles. The van der Waals surface area contributed by atoms with Gasteiger partial charge in [-0.05, 0) is 12.1 Å². The van der Waals surface area contributed by atoms with Gasteiger partial charge in [0.15, 0.2) is 0 Å². The first-order valence-corrected chi connectivity index (χ1v) is 3.99. The molecule has 70 valence electrons. The molecule has 0 spiro atoms. The van der Waals surface area contributed by atoms with Crippen LogP contribution in [0, 0.1) is 0 Å². The minimum atomic E-state index is 0. The van der Waals surface area contributed by atoms with Crippen molar-refractivity contribution in [3.05, 3.63) is 24.3 Å². The summed E-state index contributed by atoms with van der Waals surface area (Å²) in [5.74, 6) is 0.0763. The van der Waals surface area contributed by atoms with Crippen molar-refractivity contribution in [1.82, 2.24) is 0 Å². The van der Waals surface area contributed by atoms with E-state index in [-0.39, 0.29) is 18.3 Å². The lowest BCUT2D eigenvalue weighted by molar-refractivity contribution is -0.115. The number of benzene rings is 1. The number of hydrogen-bond acceptors (Lipinski definition) is 2. The standard InChI is InChI=1S/C9H10N2O.ClH/c12-9-5-6-10-7-3-1-2-4-8(7)11-9;/h1-4,10H,5-6H2,(H,11,12);1H. The summed E-state index contributed by atoms with van der Waals surface area (Å²) in [6, 6.07) is 7.71. The van der Waals surface area contributed by atoms with E-state index in [1.807, 2.05) is 24.3 Å². The van der Waals surface area contributed by atoms with Gasteiger partial charge in [0.2, 0.25) is 5.91 Å². The number of nitrogens with one attached hydrogen (secondary N) is 2. The Kier molecular flexibility index (Phi) is 3.14. The van der Waals surface area contributed by atoms with Crippen LogP contribution in [-0.4, -0.2) is 12.5 Å². The van der Waals surface area contributed by atoms with Crippen LogP contribution in [0.25, 0.3) is 0 Å². The quantitative estimate of drug-likeness (QED) is 0.668. The zero-order valence-electron chi connectivity index (χ0n) is 7.04. The molecule has 0 aliphatic carbocycles. The molecule has 1 aromatic rings. The second kappa shape index (κ2) is 4.14. The molecular formula is C9H11ClN2O. The van der Waals surface area contributed by atoms with Crippen LogP contribution in [0.1, 0.15) is 6.42 Å². The average Bonchev–Trinajstić information content (AvgIpc) is 2.25. The van der Waals surface area contributed by atoms with Gasteiger partial charge in [0, 0.05) is 13.0 Å². The molecule has 0 unspecified atom stereocenters. The highest BCUT2D eigenvalue weighted by Crippen LogP contribution is 2.22. The van der Waals surface area contributed by atoms with Crippen LogP contribution < -0.4 is 10.6 Å². The van der Waals surface area contributed by atoms with Crippen LogP contribution in [0.4, 0.5) is 11.4 Å². The van der Waals surface area contributed by atoms with E-state index >= 15 is 0 Å². The van der Waals surface area contributed by atoms with E-state index in [9.17, 15) is 4.79 Å². The lowest BCUT2D eigenvalue weighted by Crippen LogP contribution is -2.10. The van der Waals surface area contributed by atoms with Gasteiger partial charge in [-0.25, -0.2) is 0 Å². The summed E-state index contributed by atoms with van der Waals surface area (Å²) in [7, 11) is 0. The van der Waals surface area contributed by atoms with Crippen LogP contribution in [0.15, 0.2) is 24.3 Å². The van der Waals surface area contributed by atoms with Crippen molar-refractivity contribution >= 4 is 29.7 Å². The molecule has 0 atom stereocenters. The zero-order chi connectivity index (χ0) is 8.39. The first-order chi connectivity index (χ1) is 5.86. The normalized spacial score (nSPS) is 14.3. The van der Waals surface area contributed by atoms with E-state index in [4.69, 9.17) is 0 Å². The third-order valence-electron chi connectivity index (χ3n) is 1.87. The predicted molar refractivity (Wildman–Crippen MR) is 55.4 cm³/mol. The van der Waals surface area contributed by atoms with E-state index in [1.54, 1.807) is 0 Å². The predicted octanol–water partition coefficient (Wildman–Crippen LogP) is 1.86. The van der Waals surface area contributed by atoms with Gasteiger partial charge >= 0.3 is 0 Å². The van der Waals surface area contributed by atoms with Crippen molar-refractivity contribution in [3.63, 3.8) is 0 Å². The molecule has 0 saturated heterocycles. The van der Waals surface area contributed by atoms with E-state index in [0.29, 0.717) is 13.0 Å². The molecule has 1 aliphatic rings. The molecule has 0 bridgehead atoms. The SMILES string of the molecule is Cl.O=C1CCNc2ccccc2N1.